The molecular formula is C20H20BrNO3. The van der Waals surface area contributed by atoms with Gasteiger partial charge in [0.1, 0.15) is 0 Å². The van der Waals surface area contributed by atoms with Crippen molar-refractivity contribution >= 4 is 33.1 Å². The molecule has 130 valence electrons. The molecule has 2 aromatic rings. The Morgan fingerprint density at radius 1 is 1.04 bits per heavy atom. The third-order valence-electron chi connectivity index (χ3n) is 4.61. The third kappa shape index (κ3) is 3.54. The van der Waals surface area contributed by atoms with Crippen LogP contribution in [0.2, 0.25) is 0 Å². The number of benzene rings is 2. The van der Waals surface area contributed by atoms with E-state index in [1.54, 1.807) is 12.1 Å². The van der Waals surface area contributed by atoms with Crippen LogP contribution in [0.1, 0.15) is 28.7 Å². The summed E-state index contributed by atoms with van der Waals surface area (Å²) in [6.07, 6.45) is -0.500. The summed E-state index contributed by atoms with van der Waals surface area (Å²) in [7, 11) is 0. The van der Waals surface area contributed by atoms with E-state index < -0.39 is 6.29 Å². The fraction of sp³-hybridized carbons (Fsp3) is 0.250. The smallest absolute Gasteiger partial charge is 0.252 e. The number of carbonyl (C=O) groups excluding carboxylic acids is 1. The Balaban J connectivity index is 2.04. The van der Waals surface area contributed by atoms with Crippen molar-refractivity contribution in [2.75, 3.05) is 5.32 Å². The second-order valence-electron chi connectivity index (χ2n) is 6.28. The Hall–Kier alpha value is -1.95. The number of carbonyl (C=O) groups is 1. The topological polar surface area (TPSA) is 69.6 Å². The summed E-state index contributed by atoms with van der Waals surface area (Å²) in [5, 5.41) is 22.8. The lowest BCUT2D eigenvalue weighted by molar-refractivity contribution is -0.113. The predicted molar refractivity (Wildman–Crippen MR) is 102 cm³/mol. The molecule has 0 unspecified atom stereocenters. The highest BCUT2D eigenvalue weighted by atomic mass is 79.9. The number of nitrogens with one attached hydrogen (secondary N) is 1. The van der Waals surface area contributed by atoms with Crippen LogP contribution in [0.25, 0.3) is 5.57 Å². The van der Waals surface area contributed by atoms with E-state index in [-0.39, 0.29) is 5.91 Å². The minimum Gasteiger partial charge on any atom is -0.364 e. The SMILES string of the molecule is Cc1ccc(C)c2c1CCC(C(=O)Nc1ccc(Br)cc1)=C2C(O)O. The Kier molecular flexibility index (Phi) is 5.08. The number of fused-ring (bicyclic) bond motifs is 1. The van der Waals surface area contributed by atoms with Gasteiger partial charge in [-0.15, -0.1) is 0 Å². The van der Waals surface area contributed by atoms with Crippen LogP contribution in [0.5, 0.6) is 0 Å². The summed E-state index contributed by atoms with van der Waals surface area (Å²) in [6, 6.07) is 11.3. The second kappa shape index (κ2) is 7.12. The van der Waals surface area contributed by atoms with E-state index in [2.05, 4.69) is 21.2 Å². The highest BCUT2D eigenvalue weighted by Gasteiger charge is 2.29. The summed E-state index contributed by atoms with van der Waals surface area (Å²) in [4.78, 5) is 12.8. The quantitative estimate of drug-likeness (QED) is 0.686. The average molecular weight is 402 g/mol. The number of aryl methyl sites for hydroxylation is 2. The largest absolute Gasteiger partial charge is 0.364 e. The van der Waals surface area contributed by atoms with E-state index in [4.69, 9.17) is 0 Å². The maximum atomic E-state index is 12.8. The van der Waals surface area contributed by atoms with E-state index in [1.165, 1.54) is 0 Å². The van der Waals surface area contributed by atoms with Crippen molar-refractivity contribution in [2.45, 2.75) is 33.0 Å². The normalized spacial score (nSPS) is 13.8. The molecule has 25 heavy (non-hydrogen) atoms. The van der Waals surface area contributed by atoms with Crippen LogP contribution < -0.4 is 5.32 Å². The van der Waals surface area contributed by atoms with Crippen molar-refractivity contribution in [2.24, 2.45) is 0 Å². The van der Waals surface area contributed by atoms with Crippen molar-refractivity contribution in [3.63, 3.8) is 0 Å². The van der Waals surface area contributed by atoms with Gasteiger partial charge in [-0.3, -0.25) is 4.79 Å². The molecule has 3 rings (SSSR count). The lowest BCUT2D eigenvalue weighted by Gasteiger charge is -2.27. The van der Waals surface area contributed by atoms with Gasteiger partial charge in [0.25, 0.3) is 5.91 Å². The van der Waals surface area contributed by atoms with Crippen LogP contribution in [0.4, 0.5) is 5.69 Å². The first-order chi connectivity index (χ1) is 11.9. The van der Waals surface area contributed by atoms with Crippen LogP contribution in [0.3, 0.4) is 0 Å². The van der Waals surface area contributed by atoms with Crippen molar-refractivity contribution in [1.29, 1.82) is 0 Å². The second-order valence-corrected chi connectivity index (χ2v) is 7.20. The van der Waals surface area contributed by atoms with E-state index in [9.17, 15) is 15.0 Å². The van der Waals surface area contributed by atoms with Gasteiger partial charge in [-0.25, -0.2) is 0 Å². The Morgan fingerprint density at radius 2 is 1.68 bits per heavy atom. The molecule has 0 aliphatic heterocycles. The third-order valence-corrected chi connectivity index (χ3v) is 5.14. The van der Waals surface area contributed by atoms with Crippen molar-refractivity contribution < 1.29 is 15.0 Å². The molecule has 0 saturated heterocycles. The molecule has 1 aliphatic carbocycles. The molecule has 5 heteroatoms. The van der Waals surface area contributed by atoms with Crippen molar-refractivity contribution in [3.8, 4) is 0 Å². The predicted octanol–water partition coefficient (Wildman–Crippen LogP) is 3.72. The molecule has 0 spiro atoms. The lowest BCUT2D eigenvalue weighted by Crippen LogP contribution is -2.25. The van der Waals surface area contributed by atoms with E-state index in [0.717, 1.165) is 26.7 Å². The van der Waals surface area contributed by atoms with Crippen LogP contribution in [0, 0.1) is 13.8 Å². The summed E-state index contributed by atoms with van der Waals surface area (Å²) in [5.74, 6) is -0.294. The molecule has 0 radical (unpaired) electrons. The van der Waals surface area contributed by atoms with Gasteiger partial charge in [-0.1, -0.05) is 28.1 Å². The number of hydrogen-bond donors (Lipinski definition) is 3. The Morgan fingerprint density at radius 3 is 2.32 bits per heavy atom. The fourth-order valence-electron chi connectivity index (χ4n) is 3.36. The average Bonchev–Trinajstić information content (AvgIpc) is 2.59. The summed E-state index contributed by atoms with van der Waals surface area (Å²) in [5.41, 5.74) is 5.34. The standard InChI is InChI=1S/C20H20BrNO3/c1-11-3-4-12(2)17-15(11)9-10-16(18(17)20(24)25)19(23)22-14-7-5-13(21)6-8-14/h3-8,20,24-25H,9-10H2,1-2H3,(H,22,23). The fourth-order valence-corrected chi connectivity index (χ4v) is 3.63. The molecule has 0 heterocycles. The lowest BCUT2D eigenvalue weighted by atomic mass is 9.80. The van der Waals surface area contributed by atoms with Crippen LogP contribution >= 0.6 is 15.9 Å². The number of amides is 1. The molecule has 2 aromatic carbocycles. The zero-order chi connectivity index (χ0) is 18.1. The molecule has 4 nitrogen and oxygen atoms in total. The highest BCUT2D eigenvalue weighted by molar-refractivity contribution is 9.10. The van der Waals surface area contributed by atoms with Crippen molar-refractivity contribution in [3.05, 3.63) is 68.7 Å². The van der Waals surface area contributed by atoms with Gasteiger partial charge in [0, 0.05) is 21.3 Å². The van der Waals surface area contributed by atoms with Gasteiger partial charge in [-0.05, 0) is 73.2 Å². The summed E-state index contributed by atoms with van der Waals surface area (Å²) >= 11 is 3.36. The van der Waals surface area contributed by atoms with Gasteiger partial charge in [0.2, 0.25) is 0 Å². The monoisotopic (exact) mass is 401 g/mol. The van der Waals surface area contributed by atoms with E-state index in [1.807, 2.05) is 38.1 Å². The van der Waals surface area contributed by atoms with Gasteiger partial charge in [0.15, 0.2) is 6.29 Å². The molecule has 0 fully saturated rings. The number of rotatable bonds is 3. The van der Waals surface area contributed by atoms with Gasteiger partial charge in [0.05, 0.1) is 0 Å². The number of anilines is 1. The zero-order valence-corrected chi connectivity index (χ0v) is 15.7. The first-order valence-electron chi connectivity index (χ1n) is 8.14. The van der Waals surface area contributed by atoms with Gasteiger partial charge in [-0.2, -0.15) is 0 Å². The minimum atomic E-state index is -1.69. The Labute approximate surface area is 155 Å². The van der Waals surface area contributed by atoms with E-state index >= 15 is 0 Å². The summed E-state index contributed by atoms with van der Waals surface area (Å²) in [6.45, 7) is 3.93. The zero-order valence-electron chi connectivity index (χ0n) is 14.1. The molecule has 0 bridgehead atoms. The molecule has 3 N–H and O–H groups in total. The van der Waals surface area contributed by atoms with Crippen LogP contribution in [-0.2, 0) is 11.2 Å². The van der Waals surface area contributed by atoms with Crippen LogP contribution in [-0.4, -0.2) is 22.4 Å². The van der Waals surface area contributed by atoms with Crippen molar-refractivity contribution in [1.82, 2.24) is 0 Å². The van der Waals surface area contributed by atoms with Gasteiger partial charge < -0.3 is 15.5 Å². The number of aliphatic hydroxyl groups excluding tert-OH is 1. The highest BCUT2D eigenvalue weighted by Crippen LogP contribution is 2.37. The first-order valence-corrected chi connectivity index (χ1v) is 8.93. The number of hydrogen-bond acceptors (Lipinski definition) is 3. The first kappa shape index (κ1) is 17.9. The molecular weight excluding hydrogens is 382 g/mol. The molecule has 1 aliphatic rings. The summed E-state index contributed by atoms with van der Waals surface area (Å²) < 4.78 is 0.925. The maximum absolute atomic E-state index is 12.8. The number of aliphatic hydroxyl groups is 2. The molecule has 0 saturated carbocycles. The van der Waals surface area contributed by atoms with Gasteiger partial charge >= 0.3 is 0 Å². The van der Waals surface area contributed by atoms with E-state index in [0.29, 0.717) is 29.7 Å². The Bertz CT molecular complexity index is 854. The maximum Gasteiger partial charge on any atom is 0.252 e. The molecule has 0 aromatic heterocycles. The number of halogens is 1. The molecule has 0 atom stereocenters. The molecule has 1 amide bonds. The minimum absolute atomic E-state index is 0.294. The van der Waals surface area contributed by atoms with Crippen LogP contribution in [0.15, 0.2) is 46.4 Å².